The average molecular weight is 379 g/mol. The van der Waals surface area contributed by atoms with E-state index in [0.717, 1.165) is 17.8 Å². The Kier molecular flexibility index (Phi) is 5.78. The van der Waals surface area contributed by atoms with Gasteiger partial charge in [-0.15, -0.1) is 0 Å². The van der Waals surface area contributed by atoms with Crippen LogP contribution in [0.4, 0.5) is 10.6 Å². The molecule has 7 nitrogen and oxygen atoms in total. The van der Waals surface area contributed by atoms with Crippen molar-refractivity contribution in [3.05, 3.63) is 42.1 Å². The Morgan fingerprint density at radius 3 is 2.61 bits per heavy atom. The summed E-state index contributed by atoms with van der Waals surface area (Å²) in [6.45, 7) is 8.03. The molecule has 0 bridgehead atoms. The van der Waals surface area contributed by atoms with Gasteiger partial charge in [0.1, 0.15) is 17.5 Å². The molecule has 0 radical (unpaired) electrons. The maximum absolute atomic E-state index is 12.4. The van der Waals surface area contributed by atoms with E-state index in [4.69, 9.17) is 9.72 Å². The molecule has 7 heteroatoms. The summed E-state index contributed by atoms with van der Waals surface area (Å²) in [4.78, 5) is 25.2. The molecular weight excluding hydrogens is 354 g/mol. The number of amides is 1. The van der Waals surface area contributed by atoms with Crippen LogP contribution in [0.5, 0.6) is 0 Å². The van der Waals surface area contributed by atoms with E-state index in [1.807, 2.05) is 45.0 Å². The van der Waals surface area contributed by atoms with Crippen LogP contribution in [0.1, 0.15) is 32.8 Å². The highest BCUT2D eigenvalue weighted by molar-refractivity contribution is 5.68. The van der Waals surface area contributed by atoms with Gasteiger partial charge in [-0.2, -0.15) is 5.26 Å². The molecule has 1 amide bonds. The molecule has 1 saturated heterocycles. The Labute approximate surface area is 165 Å². The molecule has 0 aliphatic carbocycles. The number of nitriles is 1. The van der Waals surface area contributed by atoms with Crippen molar-refractivity contribution in [2.45, 2.75) is 32.8 Å². The van der Waals surface area contributed by atoms with Gasteiger partial charge < -0.3 is 14.5 Å². The minimum atomic E-state index is -0.518. The zero-order chi connectivity index (χ0) is 20.1. The number of rotatable bonds is 2. The summed E-state index contributed by atoms with van der Waals surface area (Å²) in [6, 6.07) is 11.5. The van der Waals surface area contributed by atoms with Gasteiger partial charge >= 0.3 is 6.09 Å². The second-order valence-electron chi connectivity index (χ2n) is 7.70. The number of anilines is 1. The molecule has 28 heavy (non-hydrogen) atoms. The summed E-state index contributed by atoms with van der Waals surface area (Å²) in [7, 11) is 0. The second kappa shape index (κ2) is 8.26. The van der Waals surface area contributed by atoms with Gasteiger partial charge in [0.2, 0.25) is 0 Å². The first-order valence-electron chi connectivity index (χ1n) is 9.43. The second-order valence-corrected chi connectivity index (χ2v) is 7.70. The molecule has 0 unspecified atom stereocenters. The smallest absolute Gasteiger partial charge is 0.410 e. The first-order chi connectivity index (χ1) is 13.4. The van der Waals surface area contributed by atoms with Crippen molar-refractivity contribution in [3.63, 3.8) is 0 Å². The number of pyridine rings is 2. The van der Waals surface area contributed by atoms with Crippen molar-refractivity contribution in [1.29, 1.82) is 5.26 Å². The van der Waals surface area contributed by atoms with Crippen LogP contribution in [0.25, 0.3) is 11.4 Å². The minimum absolute atomic E-state index is 0.301. The third kappa shape index (κ3) is 4.77. The van der Waals surface area contributed by atoms with Crippen LogP contribution in [-0.4, -0.2) is 52.7 Å². The Hall–Kier alpha value is -3.14. The van der Waals surface area contributed by atoms with Crippen molar-refractivity contribution in [2.24, 2.45) is 0 Å². The van der Waals surface area contributed by atoms with Crippen molar-refractivity contribution in [3.8, 4) is 17.5 Å². The van der Waals surface area contributed by atoms with Gasteiger partial charge in [0.25, 0.3) is 0 Å². The number of hydrogen-bond donors (Lipinski definition) is 0. The summed E-state index contributed by atoms with van der Waals surface area (Å²) in [5.41, 5.74) is 1.49. The fourth-order valence-electron chi connectivity index (χ4n) is 3.07. The molecule has 0 N–H and O–H groups in total. The lowest BCUT2D eigenvalue weighted by molar-refractivity contribution is 0.0263. The molecule has 0 aromatic carbocycles. The molecule has 1 aliphatic heterocycles. The van der Waals surface area contributed by atoms with E-state index in [1.165, 1.54) is 0 Å². The van der Waals surface area contributed by atoms with E-state index >= 15 is 0 Å². The fourth-order valence-corrected chi connectivity index (χ4v) is 3.07. The normalized spacial score (nSPS) is 14.9. The van der Waals surface area contributed by atoms with E-state index in [9.17, 15) is 10.1 Å². The first kappa shape index (κ1) is 19.6. The van der Waals surface area contributed by atoms with Crippen LogP contribution in [0, 0.1) is 11.3 Å². The lowest BCUT2D eigenvalue weighted by Gasteiger charge is -2.27. The minimum Gasteiger partial charge on any atom is -0.444 e. The van der Waals surface area contributed by atoms with Gasteiger partial charge in [-0.3, -0.25) is 4.98 Å². The third-order valence-electron chi connectivity index (χ3n) is 4.37. The maximum atomic E-state index is 12.4. The molecule has 1 aliphatic rings. The third-order valence-corrected chi connectivity index (χ3v) is 4.37. The van der Waals surface area contributed by atoms with Crippen LogP contribution in [0.2, 0.25) is 0 Å². The van der Waals surface area contributed by atoms with Crippen LogP contribution < -0.4 is 4.90 Å². The van der Waals surface area contributed by atoms with E-state index in [1.54, 1.807) is 17.2 Å². The summed E-state index contributed by atoms with van der Waals surface area (Å²) < 4.78 is 5.49. The molecule has 0 atom stereocenters. The largest absolute Gasteiger partial charge is 0.444 e. The summed E-state index contributed by atoms with van der Waals surface area (Å²) in [5, 5.41) is 9.53. The Morgan fingerprint density at radius 1 is 1.11 bits per heavy atom. The predicted octanol–water partition coefficient (Wildman–Crippen LogP) is 3.46. The zero-order valence-corrected chi connectivity index (χ0v) is 16.6. The monoisotopic (exact) mass is 379 g/mol. The van der Waals surface area contributed by atoms with Crippen molar-refractivity contribution in [2.75, 3.05) is 31.1 Å². The highest BCUT2D eigenvalue weighted by atomic mass is 16.6. The highest BCUT2D eigenvalue weighted by Gasteiger charge is 2.25. The SMILES string of the molecule is CC(C)(C)OC(=O)N1CCCN(c2nc(-c3ccccn3)ccc2C#N)CC1. The topological polar surface area (TPSA) is 82.3 Å². The Balaban J connectivity index is 1.80. The van der Waals surface area contributed by atoms with Gasteiger partial charge in [-0.1, -0.05) is 6.07 Å². The zero-order valence-electron chi connectivity index (χ0n) is 16.6. The number of aromatic nitrogens is 2. The standard InChI is InChI=1S/C21H25N5O2/c1-21(2,3)28-20(27)26-12-6-11-25(13-14-26)19-16(15-22)8-9-18(24-19)17-7-4-5-10-23-17/h4-5,7-10H,6,11-14H2,1-3H3. The van der Waals surface area contributed by atoms with E-state index < -0.39 is 5.60 Å². The van der Waals surface area contributed by atoms with E-state index in [2.05, 4.69) is 16.0 Å². The van der Waals surface area contributed by atoms with Crippen LogP contribution in [0.15, 0.2) is 36.5 Å². The number of carbonyl (C=O) groups is 1. The Bertz CT molecular complexity index is 871. The summed E-state index contributed by atoms with van der Waals surface area (Å²) >= 11 is 0. The lowest BCUT2D eigenvalue weighted by atomic mass is 10.2. The quantitative estimate of drug-likeness (QED) is 0.795. The van der Waals surface area contributed by atoms with Crippen LogP contribution >= 0.6 is 0 Å². The maximum Gasteiger partial charge on any atom is 0.410 e. The van der Waals surface area contributed by atoms with Gasteiger partial charge in [-0.05, 0) is 51.5 Å². The summed E-state index contributed by atoms with van der Waals surface area (Å²) in [6.07, 6.45) is 2.20. The van der Waals surface area contributed by atoms with E-state index in [0.29, 0.717) is 37.6 Å². The van der Waals surface area contributed by atoms with Crippen molar-refractivity contribution < 1.29 is 9.53 Å². The predicted molar refractivity (Wildman–Crippen MR) is 107 cm³/mol. The average Bonchev–Trinajstić information content (AvgIpc) is 2.93. The molecule has 0 saturated carbocycles. The Morgan fingerprint density at radius 2 is 1.93 bits per heavy atom. The van der Waals surface area contributed by atoms with Gasteiger partial charge in [0, 0.05) is 32.4 Å². The first-order valence-corrected chi connectivity index (χ1v) is 9.43. The molecule has 2 aromatic rings. The molecule has 1 fully saturated rings. The molecule has 0 spiro atoms. The van der Waals surface area contributed by atoms with Gasteiger partial charge in [0.05, 0.1) is 17.0 Å². The van der Waals surface area contributed by atoms with Crippen LogP contribution in [0.3, 0.4) is 0 Å². The van der Waals surface area contributed by atoms with E-state index in [-0.39, 0.29) is 6.09 Å². The summed E-state index contributed by atoms with van der Waals surface area (Å²) in [5.74, 6) is 0.636. The van der Waals surface area contributed by atoms with Gasteiger partial charge in [-0.25, -0.2) is 9.78 Å². The van der Waals surface area contributed by atoms with Crippen LogP contribution in [-0.2, 0) is 4.74 Å². The highest BCUT2D eigenvalue weighted by Crippen LogP contribution is 2.24. The fraction of sp³-hybridized carbons (Fsp3) is 0.429. The van der Waals surface area contributed by atoms with Crippen molar-refractivity contribution >= 4 is 11.9 Å². The molecule has 2 aromatic heterocycles. The lowest BCUT2D eigenvalue weighted by Crippen LogP contribution is -2.39. The number of hydrogen-bond acceptors (Lipinski definition) is 6. The molecule has 3 heterocycles. The number of carbonyl (C=O) groups excluding carboxylic acids is 1. The van der Waals surface area contributed by atoms with Crippen molar-refractivity contribution in [1.82, 2.24) is 14.9 Å². The molecular formula is C21H25N5O2. The number of ether oxygens (including phenoxy) is 1. The van der Waals surface area contributed by atoms with Gasteiger partial charge in [0.15, 0.2) is 0 Å². The molecule has 146 valence electrons. The number of nitrogens with zero attached hydrogens (tertiary/aromatic N) is 5. The molecule has 3 rings (SSSR count).